The molecular weight excluding hydrogens is 407 g/mol. The maximum Gasteiger partial charge on any atom is 0.214 e. The molecule has 0 fully saturated rings. The van der Waals surface area contributed by atoms with Crippen LogP contribution in [0, 0.1) is 15.9 Å². The van der Waals surface area contributed by atoms with Gasteiger partial charge >= 0.3 is 0 Å². The number of ether oxygens (including phenoxy) is 1. The van der Waals surface area contributed by atoms with Crippen LogP contribution in [0.25, 0.3) is 10.9 Å². The molecule has 0 bridgehead atoms. The van der Waals surface area contributed by atoms with E-state index in [1.54, 1.807) is 30.3 Å². The second-order valence-corrected chi connectivity index (χ2v) is 7.37. The van der Waals surface area contributed by atoms with Crippen LogP contribution in [0.2, 0.25) is 5.02 Å². The maximum absolute atomic E-state index is 13.0. The Labute approximate surface area is 177 Å². The second-order valence-electron chi connectivity index (χ2n) is 6.96. The number of aromatic amines is 1. The molecule has 1 atom stereocenters. The average molecular weight is 425 g/mol. The first-order chi connectivity index (χ1) is 14.5. The van der Waals surface area contributed by atoms with E-state index in [9.17, 15) is 14.5 Å². The monoisotopic (exact) mass is 424 g/mol. The fraction of sp³-hybridized carbons (Fsp3) is 0.130. The van der Waals surface area contributed by atoms with Gasteiger partial charge in [-0.2, -0.15) is 0 Å². The highest BCUT2D eigenvalue weighted by molar-refractivity contribution is 6.32. The quantitative estimate of drug-likeness (QED) is 0.294. The first-order valence-corrected chi connectivity index (χ1v) is 9.73. The Morgan fingerprint density at radius 3 is 2.60 bits per heavy atom. The molecule has 0 saturated heterocycles. The standard InChI is InChI=1S/C23H18ClFN2O3/c24-21-11-16(7-10-23(21)30-14-15-5-8-17(25)9-6-15)20(13-27(28)29)19-12-26-22-4-2-1-3-18(19)22/h1-12,20,26H,13-14H2/t20-/m1/s1. The zero-order valence-electron chi connectivity index (χ0n) is 15.8. The summed E-state index contributed by atoms with van der Waals surface area (Å²) < 4.78 is 18.8. The van der Waals surface area contributed by atoms with Gasteiger partial charge in [0.25, 0.3) is 0 Å². The molecule has 0 spiro atoms. The third kappa shape index (κ3) is 4.28. The summed E-state index contributed by atoms with van der Waals surface area (Å²) in [5.41, 5.74) is 3.31. The number of rotatable bonds is 7. The molecule has 152 valence electrons. The summed E-state index contributed by atoms with van der Waals surface area (Å²) in [4.78, 5) is 14.2. The summed E-state index contributed by atoms with van der Waals surface area (Å²) in [7, 11) is 0. The number of fused-ring (bicyclic) bond motifs is 1. The fourth-order valence-corrected chi connectivity index (χ4v) is 3.75. The molecule has 0 aliphatic rings. The Morgan fingerprint density at radius 1 is 1.10 bits per heavy atom. The van der Waals surface area contributed by atoms with E-state index < -0.39 is 5.92 Å². The van der Waals surface area contributed by atoms with Crippen LogP contribution < -0.4 is 4.74 Å². The van der Waals surface area contributed by atoms with Gasteiger partial charge in [-0.3, -0.25) is 10.1 Å². The SMILES string of the molecule is O=[N+]([O-])C[C@H](c1ccc(OCc2ccc(F)cc2)c(Cl)c1)c1c[nH]c2ccccc12. The van der Waals surface area contributed by atoms with Gasteiger partial charge in [0, 0.05) is 22.0 Å². The number of para-hydroxylation sites is 1. The lowest BCUT2D eigenvalue weighted by Crippen LogP contribution is -2.13. The summed E-state index contributed by atoms with van der Waals surface area (Å²) >= 11 is 6.42. The van der Waals surface area contributed by atoms with Gasteiger partial charge in [0.15, 0.2) is 0 Å². The van der Waals surface area contributed by atoms with Gasteiger partial charge in [-0.05, 0) is 47.0 Å². The number of hydrogen-bond acceptors (Lipinski definition) is 3. The highest BCUT2D eigenvalue weighted by atomic mass is 35.5. The molecule has 1 heterocycles. The molecule has 0 amide bonds. The molecule has 0 aliphatic carbocycles. The number of H-pyrrole nitrogens is 1. The van der Waals surface area contributed by atoms with E-state index in [0.29, 0.717) is 10.8 Å². The van der Waals surface area contributed by atoms with Gasteiger partial charge in [-0.15, -0.1) is 0 Å². The second kappa shape index (κ2) is 8.55. The average Bonchev–Trinajstić information content (AvgIpc) is 3.16. The van der Waals surface area contributed by atoms with Crippen molar-refractivity contribution in [2.24, 2.45) is 0 Å². The van der Waals surface area contributed by atoms with E-state index in [2.05, 4.69) is 4.98 Å². The first kappa shape index (κ1) is 19.9. The smallest absolute Gasteiger partial charge is 0.214 e. The van der Waals surface area contributed by atoms with Gasteiger partial charge in [-0.25, -0.2) is 4.39 Å². The largest absolute Gasteiger partial charge is 0.487 e. The van der Waals surface area contributed by atoms with Crippen molar-refractivity contribution in [3.8, 4) is 5.75 Å². The summed E-state index contributed by atoms with van der Waals surface area (Å²) in [6, 6.07) is 18.9. The van der Waals surface area contributed by atoms with Crippen molar-refractivity contribution < 1.29 is 14.1 Å². The molecule has 0 radical (unpaired) electrons. The lowest BCUT2D eigenvalue weighted by atomic mass is 9.91. The highest BCUT2D eigenvalue weighted by Crippen LogP contribution is 2.35. The molecule has 30 heavy (non-hydrogen) atoms. The van der Waals surface area contributed by atoms with Gasteiger partial charge in [0.05, 0.1) is 10.9 Å². The number of halogens is 2. The Morgan fingerprint density at radius 2 is 1.87 bits per heavy atom. The van der Waals surface area contributed by atoms with Crippen LogP contribution in [0.1, 0.15) is 22.6 Å². The third-order valence-corrected chi connectivity index (χ3v) is 5.29. The van der Waals surface area contributed by atoms with Crippen molar-refractivity contribution in [2.75, 3.05) is 6.54 Å². The number of nitrogens with zero attached hydrogens (tertiary/aromatic N) is 1. The minimum atomic E-state index is -0.459. The van der Waals surface area contributed by atoms with Crippen molar-refractivity contribution in [3.63, 3.8) is 0 Å². The van der Waals surface area contributed by atoms with E-state index in [-0.39, 0.29) is 23.9 Å². The lowest BCUT2D eigenvalue weighted by Gasteiger charge is -2.15. The minimum Gasteiger partial charge on any atom is -0.487 e. The van der Waals surface area contributed by atoms with Crippen molar-refractivity contribution in [1.29, 1.82) is 0 Å². The van der Waals surface area contributed by atoms with E-state index >= 15 is 0 Å². The van der Waals surface area contributed by atoms with Gasteiger partial charge in [0.1, 0.15) is 18.2 Å². The topological polar surface area (TPSA) is 68.2 Å². The fourth-order valence-electron chi connectivity index (χ4n) is 3.51. The summed E-state index contributed by atoms with van der Waals surface area (Å²) in [5.74, 6) is -0.307. The molecule has 0 unspecified atom stereocenters. The zero-order valence-corrected chi connectivity index (χ0v) is 16.6. The Kier molecular flexibility index (Phi) is 5.68. The van der Waals surface area contributed by atoms with Crippen LogP contribution in [-0.4, -0.2) is 16.5 Å². The molecule has 4 rings (SSSR count). The predicted octanol–water partition coefficient (Wildman–Crippen LogP) is 5.95. The van der Waals surface area contributed by atoms with E-state index in [0.717, 1.165) is 27.6 Å². The maximum atomic E-state index is 13.0. The van der Waals surface area contributed by atoms with Crippen molar-refractivity contribution in [2.45, 2.75) is 12.5 Å². The van der Waals surface area contributed by atoms with Crippen LogP contribution in [0.4, 0.5) is 4.39 Å². The number of nitrogens with one attached hydrogen (secondary N) is 1. The van der Waals surface area contributed by atoms with Crippen molar-refractivity contribution in [1.82, 2.24) is 4.98 Å². The molecule has 7 heteroatoms. The summed E-state index contributed by atoms with van der Waals surface area (Å²) in [6.07, 6.45) is 1.81. The first-order valence-electron chi connectivity index (χ1n) is 9.36. The lowest BCUT2D eigenvalue weighted by molar-refractivity contribution is -0.481. The number of benzene rings is 3. The Bertz CT molecular complexity index is 1190. The third-order valence-electron chi connectivity index (χ3n) is 4.99. The summed E-state index contributed by atoms with van der Waals surface area (Å²) in [6.45, 7) is -0.0198. The van der Waals surface area contributed by atoms with Crippen LogP contribution in [0.3, 0.4) is 0 Å². The molecular formula is C23H18ClFN2O3. The Hall–Kier alpha value is -3.38. The Balaban J connectivity index is 1.61. The number of aromatic nitrogens is 1. The molecule has 1 N–H and O–H groups in total. The number of hydrogen-bond donors (Lipinski definition) is 1. The molecule has 4 aromatic rings. The van der Waals surface area contributed by atoms with Gasteiger partial charge < -0.3 is 9.72 Å². The number of nitro groups is 1. The minimum absolute atomic E-state index is 0.236. The van der Waals surface area contributed by atoms with Gasteiger partial charge in [-0.1, -0.05) is 48.0 Å². The van der Waals surface area contributed by atoms with Gasteiger partial charge in [0.2, 0.25) is 6.54 Å². The predicted molar refractivity (Wildman–Crippen MR) is 114 cm³/mol. The molecule has 1 aromatic heterocycles. The summed E-state index contributed by atoms with van der Waals surface area (Å²) in [5, 5.41) is 12.7. The molecule has 5 nitrogen and oxygen atoms in total. The molecule has 0 aliphatic heterocycles. The molecule has 3 aromatic carbocycles. The van der Waals surface area contributed by atoms with E-state index in [1.807, 2.05) is 30.5 Å². The van der Waals surface area contributed by atoms with Crippen LogP contribution in [-0.2, 0) is 6.61 Å². The van der Waals surface area contributed by atoms with Crippen LogP contribution >= 0.6 is 11.6 Å². The zero-order chi connectivity index (χ0) is 21.1. The van der Waals surface area contributed by atoms with Crippen molar-refractivity contribution >= 4 is 22.5 Å². The molecule has 0 saturated carbocycles. The van der Waals surface area contributed by atoms with Crippen LogP contribution in [0.5, 0.6) is 5.75 Å². The van der Waals surface area contributed by atoms with E-state index in [1.165, 1.54) is 12.1 Å². The van der Waals surface area contributed by atoms with Crippen molar-refractivity contribution in [3.05, 3.63) is 111 Å². The highest BCUT2D eigenvalue weighted by Gasteiger charge is 2.24. The van der Waals surface area contributed by atoms with Crippen LogP contribution in [0.15, 0.2) is 72.9 Å². The van der Waals surface area contributed by atoms with E-state index in [4.69, 9.17) is 16.3 Å². The normalized spacial score (nSPS) is 12.1.